The SMILES string of the molecule is CC/C=C/C/C=C/C/C=C/C/C=C/CCCC(CC(=O)NC(CO)C(O)CCCCCCCCCCCCCC)OC(=O)CCCCCCCCCCCCCC. The van der Waals surface area contributed by atoms with Crippen molar-refractivity contribution in [3.8, 4) is 0 Å². The predicted octanol–water partition coefficient (Wildman–Crippen LogP) is 14.3. The maximum absolute atomic E-state index is 13.2. The molecule has 0 radical (unpaired) electrons. The molecule has 0 heterocycles. The van der Waals surface area contributed by atoms with E-state index in [4.69, 9.17) is 4.74 Å². The average molecular weight is 800 g/mol. The minimum atomic E-state index is -0.799. The molecule has 6 nitrogen and oxygen atoms in total. The van der Waals surface area contributed by atoms with E-state index in [1.54, 1.807) is 0 Å². The number of amides is 1. The number of unbranched alkanes of at least 4 members (excludes halogenated alkanes) is 23. The topological polar surface area (TPSA) is 95.9 Å². The summed E-state index contributed by atoms with van der Waals surface area (Å²) in [6.45, 7) is 6.34. The van der Waals surface area contributed by atoms with Crippen LogP contribution in [-0.2, 0) is 14.3 Å². The lowest BCUT2D eigenvalue weighted by atomic mass is 10.0. The summed E-state index contributed by atoms with van der Waals surface area (Å²) in [6.07, 6.45) is 53.1. The average Bonchev–Trinajstić information content (AvgIpc) is 3.20. The fourth-order valence-electron chi connectivity index (χ4n) is 7.25. The Balaban J connectivity index is 4.67. The van der Waals surface area contributed by atoms with E-state index in [1.807, 2.05) is 0 Å². The lowest BCUT2D eigenvalue weighted by molar-refractivity contribution is -0.151. The van der Waals surface area contributed by atoms with Crippen molar-refractivity contribution in [1.29, 1.82) is 0 Å². The molecule has 0 rings (SSSR count). The number of aliphatic hydroxyl groups excluding tert-OH is 2. The van der Waals surface area contributed by atoms with Crippen LogP contribution in [0.1, 0.15) is 239 Å². The predicted molar refractivity (Wildman–Crippen MR) is 245 cm³/mol. The second-order valence-electron chi connectivity index (χ2n) is 16.5. The van der Waals surface area contributed by atoms with E-state index in [1.165, 1.54) is 116 Å². The molecule has 332 valence electrons. The molecule has 0 aliphatic heterocycles. The van der Waals surface area contributed by atoms with Gasteiger partial charge >= 0.3 is 5.97 Å². The van der Waals surface area contributed by atoms with Gasteiger partial charge in [0.15, 0.2) is 0 Å². The number of allylic oxidation sites excluding steroid dienone is 8. The standard InChI is InChI=1S/C51H93NO5/c1-4-7-10-13-16-19-22-25-26-27-30-33-36-39-42-47(57-51(56)44-41-38-35-32-29-24-21-18-15-12-9-6-3)45-50(55)52-48(46-53)49(54)43-40-37-34-31-28-23-20-17-14-11-8-5-2/h7,10,16,19,25-26,30,33,47-49,53-54H,4-6,8-9,11-15,17-18,20-24,27-29,31-32,34-46H2,1-3H3,(H,52,55)/b10-7+,19-16+,26-25+,33-30+. The molecule has 57 heavy (non-hydrogen) atoms. The molecule has 1 amide bonds. The van der Waals surface area contributed by atoms with E-state index in [0.717, 1.165) is 77.0 Å². The normalized spacial score (nSPS) is 13.7. The summed E-state index contributed by atoms with van der Waals surface area (Å²) in [5, 5.41) is 23.7. The molecule has 3 unspecified atom stereocenters. The van der Waals surface area contributed by atoms with Crippen LogP contribution >= 0.6 is 0 Å². The maximum Gasteiger partial charge on any atom is 0.306 e. The molecule has 0 saturated carbocycles. The second kappa shape index (κ2) is 44.9. The Labute approximate surface area is 353 Å². The third-order valence-corrected chi connectivity index (χ3v) is 10.9. The number of ether oxygens (including phenoxy) is 1. The fourth-order valence-corrected chi connectivity index (χ4v) is 7.25. The lowest BCUT2D eigenvalue weighted by Crippen LogP contribution is -2.46. The smallest absolute Gasteiger partial charge is 0.306 e. The van der Waals surface area contributed by atoms with Crippen LogP contribution in [0.2, 0.25) is 0 Å². The molecule has 0 aliphatic carbocycles. The van der Waals surface area contributed by atoms with E-state index in [9.17, 15) is 19.8 Å². The Kier molecular flexibility index (Phi) is 43.2. The van der Waals surface area contributed by atoms with Gasteiger partial charge in [0, 0.05) is 6.42 Å². The maximum atomic E-state index is 13.2. The third-order valence-electron chi connectivity index (χ3n) is 10.9. The van der Waals surface area contributed by atoms with Crippen LogP contribution in [0.5, 0.6) is 0 Å². The first-order valence-electron chi connectivity index (χ1n) is 24.4. The summed E-state index contributed by atoms with van der Waals surface area (Å²) in [5.74, 6) is -0.524. The highest BCUT2D eigenvalue weighted by molar-refractivity contribution is 5.77. The molecule has 3 atom stereocenters. The van der Waals surface area contributed by atoms with Crippen molar-refractivity contribution in [3.05, 3.63) is 48.6 Å². The molecular weight excluding hydrogens is 707 g/mol. The molecule has 0 aromatic carbocycles. The Morgan fingerprint density at radius 3 is 1.40 bits per heavy atom. The Bertz CT molecular complexity index is 988. The van der Waals surface area contributed by atoms with Crippen LogP contribution in [0.3, 0.4) is 0 Å². The van der Waals surface area contributed by atoms with Gasteiger partial charge in [0.25, 0.3) is 0 Å². The number of hydrogen-bond donors (Lipinski definition) is 3. The summed E-state index contributed by atoms with van der Waals surface area (Å²) >= 11 is 0. The summed E-state index contributed by atoms with van der Waals surface area (Å²) in [6, 6.07) is -0.716. The molecule has 0 bridgehead atoms. The van der Waals surface area contributed by atoms with Gasteiger partial charge in [-0.2, -0.15) is 0 Å². The van der Waals surface area contributed by atoms with Crippen LogP contribution in [0, 0.1) is 0 Å². The molecule has 3 N–H and O–H groups in total. The third kappa shape index (κ3) is 40.4. The van der Waals surface area contributed by atoms with Crippen molar-refractivity contribution >= 4 is 11.9 Å². The largest absolute Gasteiger partial charge is 0.462 e. The first-order chi connectivity index (χ1) is 28.0. The number of hydrogen-bond acceptors (Lipinski definition) is 5. The highest BCUT2D eigenvalue weighted by atomic mass is 16.5. The molecule has 0 spiro atoms. The number of carbonyl (C=O) groups excluding carboxylic acids is 2. The van der Waals surface area contributed by atoms with E-state index < -0.39 is 18.2 Å². The van der Waals surface area contributed by atoms with Crippen molar-refractivity contribution in [2.75, 3.05) is 6.61 Å². The van der Waals surface area contributed by atoms with Crippen LogP contribution in [-0.4, -0.2) is 46.9 Å². The number of aliphatic hydroxyl groups is 2. The summed E-state index contributed by atoms with van der Waals surface area (Å²) in [7, 11) is 0. The summed E-state index contributed by atoms with van der Waals surface area (Å²) in [5.41, 5.74) is 0. The van der Waals surface area contributed by atoms with E-state index in [-0.39, 0.29) is 24.9 Å². The molecule has 0 fully saturated rings. The first-order valence-corrected chi connectivity index (χ1v) is 24.4. The summed E-state index contributed by atoms with van der Waals surface area (Å²) < 4.78 is 5.89. The number of carbonyl (C=O) groups is 2. The Hall–Kier alpha value is -2.18. The van der Waals surface area contributed by atoms with Gasteiger partial charge in [-0.3, -0.25) is 9.59 Å². The molecule has 0 saturated heterocycles. The minimum Gasteiger partial charge on any atom is -0.462 e. The quantitative estimate of drug-likeness (QED) is 0.0324. The van der Waals surface area contributed by atoms with Gasteiger partial charge in [-0.15, -0.1) is 0 Å². The molecule has 0 aromatic heterocycles. The number of nitrogens with one attached hydrogen (secondary N) is 1. The monoisotopic (exact) mass is 800 g/mol. The van der Waals surface area contributed by atoms with E-state index >= 15 is 0 Å². The highest BCUT2D eigenvalue weighted by Gasteiger charge is 2.24. The van der Waals surface area contributed by atoms with Crippen molar-refractivity contribution in [1.82, 2.24) is 5.32 Å². The highest BCUT2D eigenvalue weighted by Crippen LogP contribution is 2.17. The molecular formula is C51H93NO5. The number of rotatable bonds is 43. The van der Waals surface area contributed by atoms with E-state index in [0.29, 0.717) is 19.3 Å². The molecule has 0 aliphatic rings. The fraction of sp³-hybridized carbons (Fsp3) is 0.804. The van der Waals surface area contributed by atoms with E-state index in [2.05, 4.69) is 74.7 Å². The minimum absolute atomic E-state index is 0.0419. The Morgan fingerprint density at radius 1 is 0.526 bits per heavy atom. The first kappa shape index (κ1) is 54.8. The number of esters is 1. The Morgan fingerprint density at radius 2 is 0.947 bits per heavy atom. The van der Waals surface area contributed by atoms with Gasteiger partial charge in [0.05, 0.1) is 25.2 Å². The van der Waals surface area contributed by atoms with Gasteiger partial charge in [0.1, 0.15) is 6.10 Å². The van der Waals surface area contributed by atoms with Crippen molar-refractivity contribution in [2.45, 2.75) is 257 Å². The van der Waals surface area contributed by atoms with Gasteiger partial charge in [-0.1, -0.05) is 217 Å². The summed E-state index contributed by atoms with van der Waals surface area (Å²) in [4.78, 5) is 26.0. The lowest BCUT2D eigenvalue weighted by Gasteiger charge is -2.24. The van der Waals surface area contributed by atoms with Gasteiger partial charge in [0.2, 0.25) is 5.91 Å². The van der Waals surface area contributed by atoms with Crippen molar-refractivity contribution < 1.29 is 24.5 Å². The second-order valence-corrected chi connectivity index (χ2v) is 16.5. The zero-order valence-electron chi connectivity index (χ0n) is 37.7. The van der Waals surface area contributed by atoms with Crippen molar-refractivity contribution in [2.24, 2.45) is 0 Å². The van der Waals surface area contributed by atoms with Crippen LogP contribution < -0.4 is 5.32 Å². The van der Waals surface area contributed by atoms with Gasteiger partial charge in [-0.25, -0.2) is 0 Å². The zero-order valence-corrected chi connectivity index (χ0v) is 37.7. The zero-order chi connectivity index (χ0) is 41.7. The van der Waals surface area contributed by atoms with Crippen molar-refractivity contribution in [3.63, 3.8) is 0 Å². The van der Waals surface area contributed by atoms with Gasteiger partial charge in [-0.05, 0) is 57.8 Å². The molecule has 6 heteroatoms. The molecule has 0 aromatic rings. The van der Waals surface area contributed by atoms with Gasteiger partial charge < -0.3 is 20.3 Å². The van der Waals surface area contributed by atoms with Crippen LogP contribution in [0.15, 0.2) is 48.6 Å². The van der Waals surface area contributed by atoms with Crippen LogP contribution in [0.4, 0.5) is 0 Å². The van der Waals surface area contributed by atoms with Crippen LogP contribution in [0.25, 0.3) is 0 Å².